The van der Waals surface area contributed by atoms with Crippen molar-refractivity contribution in [2.45, 2.75) is 6.18 Å². The minimum atomic E-state index is -4.48. The van der Waals surface area contributed by atoms with E-state index in [1.807, 2.05) is 12.1 Å². The number of para-hydroxylation sites is 3. The molecule has 0 saturated carbocycles. The topological polar surface area (TPSA) is 50.4 Å². The van der Waals surface area contributed by atoms with E-state index in [1.165, 1.54) is 19.2 Å². The van der Waals surface area contributed by atoms with Gasteiger partial charge in [0.05, 0.1) is 29.6 Å². The number of hydrogen-bond donors (Lipinski definition) is 2. The molecule has 0 bridgehead atoms. The zero-order valence-electron chi connectivity index (χ0n) is 14.9. The van der Waals surface area contributed by atoms with Crippen LogP contribution < -0.4 is 15.4 Å². The molecule has 3 rings (SSSR count). The van der Waals surface area contributed by atoms with Crippen LogP contribution in [-0.2, 0) is 6.18 Å². The quantitative estimate of drug-likeness (QED) is 0.591. The predicted molar refractivity (Wildman–Crippen MR) is 102 cm³/mol. The largest absolute Gasteiger partial charge is 0.495 e. The number of alkyl halides is 3. The molecule has 2 N–H and O–H groups in total. The van der Waals surface area contributed by atoms with E-state index < -0.39 is 17.6 Å². The van der Waals surface area contributed by atoms with Gasteiger partial charge in [-0.2, -0.15) is 13.2 Å². The Bertz CT molecular complexity index is 987. The summed E-state index contributed by atoms with van der Waals surface area (Å²) in [7, 11) is 1.53. The Morgan fingerprint density at radius 3 is 2.29 bits per heavy atom. The van der Waals surface area contributed by atoms with Crippen LogP contribution in [0.2, 0.25) is 0 Å². The van der Waals surface area contributed by atoms with Crippen molar-refractivity contribution in [3.63, 3.8) is 0 Å². The Morgan fingerprint density at radius 2 is 1.57 bits per heavy atom. The van der Waals surface area contributed by atoms with Crippen molar-refractivity contribution in [3.05, 3.63) is 83.9 Å². The molecule has 1 amide bonds. The summed E-state index contributed by atoms with van der Waals surface area (Å²) in [4.78, 5) is 12.7. The average Bonchev–Trinajstić information content (AvgIpc) is 2.68. The Labute approximate surface area is 160 Å². The van der Waals surface area contributed by atoms with Crippen LogP contribution in [0.4, 0.5) is 30.2 Å². The van der Waals surface area contributed by atoms with Crippen molar-refractivity contribution in [2.24, 2.45) is 0 Å². The minimum Gasteiger partial charge on any atom is -0.495 e. The summed E-state index contributed by atoms with van der Waals surface area (Å²) in [5.74, 6) is 0.0629. The van der Waals surface area contributed by atoms with Gasteiger partial charge in [0.25, 0.3) is 5.91 Å². The third kappa shape index (κ3) is 4.43. The van der Waals surface area contributed by atoms with E-state index in [1.54, 1.807) is 36.4 Å². The smallest absolute Gasteiger partial charge is 0.416 e. The van der Waals surface area contributed by atoms with Gasteiger partial charge in [0.2, 0.25) is 0 Å². The lowest BCUT2D eigenvalue weighted by atomic mass is 10.1. The zero-order valence-corrected chi connectivity index (χ0v) is 14.9. The highest BCUT2D eigenvalue weighted by atomic mass is 19.4. The first-order chi connectivity index (χ1) is 13.4. The molecule has 0 spiro atoms. The first kappa shape index (κ1) is 19.3. The van der Waals surface area contributed by atoms with Gasteiger partial charge in [0, 0.05) is 5.69 Å². The zero-order chi connectivity index (χ0) is 20.1. The molecule has 3 aromatic carbocycles. The lowest BCUT2D eigenvalue weighted by Gasteiger charge is -2.15. The lowest BCUT2D eigenvalue weighted by molar-refractivity contribution is -0.137. The third-order valence-corrected chi connectivity index (χ3v) is 4.00. The highest BCUT2D eigenvalue weighted by Crippen LogP contribution is 2.32. The van der Waals surface area contributed by atoms with Crippen LogP contribution in [0.15, 0.2) is 72.8 Å². The number of methoxy groups -OCH3 is 1. The lowest BCUT2D eigenvalue weighted by Crippen LogP contribution is -2.15. The summed E-state index contributed by atoms with van der Waals surface area (Å²) in [5.41, 5.74) is 0.671. The molecular formula is C21H17F3N2O2. The average molecular weight is 386 g/mol. The molecular weight excluding hydrogens is 369 g/mol. The van der Waals surface area contributed by atoms with Gasteiger partial charge in [-0.1, -0.05) is 30.3 Å². The fourth-order valence-electron chi connectivity index (χ4n) is 2.65. The second kappa shape index (κ2) is 8.04. The van der Waals surface area contributed by atoms with Crippen LogP contribution in [0.5, 0.6) is 5.75 Å². The Kier molecular flexibility index (Phi) is 5.54. The second-order valence-electron chi connectivity index (χ2n) is 5.90. The fraction of sp³-hybridized carbons (Fsp3) is 0.0952. The predicted octanol–water partition coefficient (Wildman–Crippen LogP) is 5.71. The number of carbonyl (C=O) groups excluding carboxylic acids is 1. The van der Waals surface area contributed by atoms with Crippen LogP contribution in [0.1, 0.15) is 15.9 Å². The van der Waals surface area contributed by atoms with Gasteiger partial charge >= 0.3 is 6.18 Å². The van der Waals surface area contributed by atoms with Crippen LogP contribution in [0, 0.1) is 0 Å². The number of anilines is 3. The fourth-order valence-corrected chi connectivity index (χ4v) is 2.65. The monoisotopic (exact) mass is 386 g/mol. The first-order valence-electron chi connectivity index (χ1n) is 8.36. The van der Waals surface area contributed by atoms with Gasteiger partial charge < -0.3 is 15.4 Å². The molecule has 0 saturated heterocycles. The van der Waals surface area contributed by atoms with Gasteiger partial charge in [-0.15, -0.1) is 0 Å². The molecule has 3 aromatic rings. The van der Waals surface area contributed by atoms with Crippen molar-refractivity contribution >= 4 is 23.0 Å². The molecule has 0 aliphatic carbocycles. The highest BCUT2D eigenvalue weighted by Gasteiger charge is 2.30. The van der Waals surface area contributed by atoms with Gasteiger partial charge in [-0.3, -0.25) is 4.79 Å². The van der Waals surface area contributed by atoms with E-state index in [9.17, 15) is 18.0 Å². The van der Waals surface area contributed by atoms with Crippen molar-refractivity contribution in [2.75, 3.05) is 17.7 Å². The number of benzene rings is 3. The molecule has 0 aromatic heterocycles. The van der Waals surface area contributed by atoms with Gasteiger partial charge in [-0.25, -0.2) is 0 Å². The van der Waals surface area contributed by atoms with Crippen LogP contribution >= 0.6 is 0 Å². The molecule has 0 aliphatic rings. The maximum Gasteiger partial charge on any atom is 0.416 e. The summed E-state index contributed by atoms with van der Waals surface area (Å²) in [6.07, 6.45) is -4.48. The highest BCUT2D eigenvalue weighted by molar-refractivity contribution is 6.08. The minimum absolute atomic E-state index is 0.0620. The number of amides is 1. The van der Waals surface area contributed by atoms with E-state index in [0.717, 1.165) is 12.1 Å². The first-order valence-corrected chi connectivity index (χ1v) is 8.36. The molecule has 28 heavy (non-hydrogen) atoms. The Morgan fingerprint density at radius 1 is 0.893 bits per heavy atom. The number of carbonyl (C=O) groups is 1. The van der Waals surface area contributed by atoms with Gasteiger partial charge in [-0.05, 0) is 42.5 Å². The maximum absolute atomic E-state index is 12.9. The number of halogens is 3. The standard InChI is InChI=1S/C21H17F3N2O2/c1-28-19-12-5-4-11-18(19)26-17-10-3-2-9-16(17)20(27)25-15-8-6-7-14(13-15)21(22,23)24/h2-13,26H,1H3,(H,25,27). The molecule has 0 fully saturated rings. The van der Waals surface area contributed by atoms with Crippen molar-refractivity contribution in [3.8, 4) is 5.75 Å². The van der Waals surface area contributed by atoms with Crippen LogP contribution in [-0.4, -0.2) is 13.0 Å². The molecule has 4 nitrogen and oxygen atoms in total. The van der Waals surface area contributed by atoms with Crippen LogP contribution in [0.3, 0.4) is 0 Å². The number of rotatable bonds is 5. The summed E-state index contributed by atoms with van der Waals surface area (Å²) in [6, 6.07) is 18.4. The molecule has 0 heterocycles. The Balaban J connectivity index is 1.86. The number of ether oxygens (including phenoxy) is 1. The van der Waals surface area contributed by atoms with Gasteiger partial charge in [0.1, 0.15) is 5.75 Å². The van der Waals surface area contributed by atoms with E-state index in [-0.39, 0.29) is 11.3 Å². The third-order valence-electron chi connectivity index (χ3n) is 4.00. The van der Waals surface area contributed by atoms with Crippen molar-refractivity contribution in [1.29, 1.82) is 0 Å². The SMILES string of the molecule is COc1ccccc1Nc1ccccc1C(=O)Nc1cccc(C(F)(F)F)c1. The Hall–Kier alpha value is -3.48. The number of nitrogens with one attached hydrogen (secondary N) is 2. The van der Waals surface area contributed by atoms with E-state index in [0.29, 0.717) is 17.1 Å². The summed E-state index contributed by atoms with van der Waals surface area (Å²) in [5, 5.41) is 5.64. The summed E-state index contributed by atoms with van der Waals surface area (Å²) >= 11 is 0. The second-order valence-corrected chi connectivity index (χ2v) is 5.90. The normalized spacial score (nSPS) is 11.0. The van der Waals surface area contributed by atoms with Crippen molar-refractivity contribution in [1.82, 2.24) is 0 Å². The maximum atomic E-state index is 12.9. The van der Waals surface area contributed by atoms with Gasteiger partial charge in [0.15, 0.2) is 0 Å². The molecule has 7 heteroatoms. The number of hydrogen-bond acceptors (Lipinski definition) is 3. The van der Waals surface area contributed by atoms with E-state index in [2.05, 4.69) is 10.6 Å². The van der Waals surface area contributed by atoms with E-state index in [4.69, 9.17) is 4.74 Å². The van der Waals surface area contributed by atoms with E-state index >= 15 is 0 Å². The molecule has 0 radical (unpaired) electrons. The molecule has 0 unspecified atom stereocenters. The summed E-state index contributed by atoms with van der Waals surface area (Å²) < 4.78 is 43.9. The van der Waals surface area contributed by atoms with Crippen molar-refractivity contribution < 1.29 is 22.7 Å². The van der Waals surface area contributed by atoms with Crippen LogP contribution in [0.25, 0.3) is 0 Å². The molecule has 0 atom stereocenters. The molecule has 0 aliphatic heterocycles. The molecule has 144 valence electrons. The summed E-state index contributed by atoms with van der Waals surface area (Å²) in [6.45, 7) is 0.